The fraction of sp³-hybridized carbons (Fsp3) is 0.381. The summed E-state index contributed by atoms with van der Waals surface area (Å²) in [6.07, 6.45) is 3.46. The quantitative estimate of drug-likeness (QED) is 0.718. The third-order valence-corrected chi connectivity index (χ3v) is 6.23. The second kappa shape index (κ2) is 7.21. The molecule has 4 heterocycles. The van der Waals surface area contributed by atoms with Crippen LogP contribution in [0.25, 0.3) is 5.65 Å². The number of fused-ring (bicyclic) bond motifs is 1. The number of nitrogens with zero attached hydrogens (tertiary/aromatic N) is 4. The Labute approximate surface area is 172 Å². The number of aromatic amines is 1. The largest absolute Gasteiger partial charge is 0.380 e. The summed E-state index contributed by atoms with van der Waals surface area (Å²) in [5, 5.41) is 15.1. The van der Waals surface area contributed by atoms with Gasteiger partial charge in [-0.3, -0.25) is 4.79 Å². The third-order valence-electron chi connectivity index (χ3n) is 5.98. The lowest BCUT2D eigenvalue weighted by molar-refractivity contribution is 0.00764. The average molecular weight is 410 g/mol. The lowest BCUT2D eigenvalue weighted by Crippen LogP contribution is -2.33. The van der Waals surface area contributed by atoms with Crippen molar-refractivity contribution in [2.75, 3.05) is 31.2 Å². The molecule has 0 aliphatic carbocycles. The minimum Gasteiger partial charge on any atom is -0.380 e. The van der Waals surface area contributed by atoms with Crippen LogP contribution in [0.5, 0.6) is 0 Å². The molecule has 0 bridgehead atoms. The number of piperidine rings is 1. The number of benzene rings is 1. The highest BCUT2D eigenvalue weighted by Gasteiger charge is 2.29. The molecule has 1 N–H and O–H groups in total. The van der Waals surface area contributed by atoms with E-state index < -0.39 is 0 Å². The number of nitrogens with one attached hydrogen (secondary N) is 1. The fourth-order valence-corrected chi connectivity index (χ4v) is 4.34. The van der Waals surface area contributed by atoms with Gasteiger partial charge >= 0.3 is 0 Å². The lowest BCUT2D eigenvalue weighted by Gasteiger charge is -2.33. The normalized spacial score (nSPS) is 18.0. The first-order chi connectivity index (χ1) is 14.2. The van der Waals surface area contributed by atoms with Gasteiger partial charge in [-0.25, -0.2) is 0 Å². The van der Waals surface area contributed by atoms with Crippen LogP contribution in [0.4, 0.5) is 5.69 Å². The molecule has 2 aromatic heterocycles. The summed E-state index contributed by atoms with van der Waals surface area (Å²) < 4.78 is 6.58. The van der Waals surface area contributed by atoms with Crippen molar-refractivity contribution in [3.8, 4) is 6.07 Å². The molecule has 0 spiro atoms. The number of hydrogen-bond donors (Lipinski definition) is 1. The van der Waals surface area contributed by atoms with E-state index in [0.717, 1.165) is 42.3 Å². The smallest absolute Gasteiger partial charge is 0.277 e. The Morgan fingerprint density at radius 3 is 2.52 bits per heavy atom. The van der Waals surface area contributed by atoms with Crippen LogP contribution >= 0.6 is 11.6 Å². The van der Waals surface area contributed by atoms with Crippen LogP contribution in [0.15, 0.2) is 35.3 Å². The molecule has 0 amide bonds. The van der Waals surface area contributed by atoms with Crippen molar-refractivity contribution >= 4 is 22.9 Å². The van der Waals surface area contributed by atoms with E-state index in [4.69, 9.17) is 16.3 Å². The lowest BCUT2D eigenvalue weighted by atomic mass is 9.91. The third kappa shape index (κ3) is 3.09. The minimum atomic E-state index is -0.159. The molecule has 29 heavy (non-hydrogen) atoms. The molecule has 148 valence electrons. The van der Waals surface area contributed by atoms with Gasteiger partial charge in [-0.1, -0.05) is 11.6 Å². The van der Waals surface area contributed by atoms with Crippen LogP contribution in [0.3, 0.4) is 0 Å². The van der Waals surface area contributed by atoms with E-state index in [1.807, 2.05) is 24.3 Å². The van der Waals surface area contributed by atoms with Gasteiger partial charge in [0.25, 0.3) is 5.56 Å². The van der Waals surface area contributed by atoms with Gasteiger partial charge in [0, 0.05) is 47.4 Å². The molecule has 2 saturated heterocycles. The van der Waals surface area contributed by atoms with E-state index in [2.05, 4.69) is 21.1 Å². The van der Waals surface area contributed by atoms with Crippen molar-refractivity contribution in [3.63, 3.8) is 0 Å². The molecule has 0 saturated carbocycles. The highest BCUT2D eigenvalue weighted by Crippen LogP contribution is 2.33. The summed E-state index contributed by atoms with van der Waals surface area (Å²) in [4.78, 5) is 18.3. The summed E-state index contributed by atoms with van der Waals surface area (Å²) >= 11 is 5.99. The zero-order chi connectivity index (χ0) is 20.0. The van der Waals surface area contributed by atoms with Gasteiger partial charge in [-0.2, -0.15) is 14.9 Å². The Balaban J connectivity index is 1.43. The molecule has 8 heteroatoms. The predicted molar refractivity (Wildman–Crippen MR) is 110 cm³/mol. The van der Waals surface area contributed by atoms with Crippen molar-refractivity contribution in [3.05, 3.63) is 62.7 Å². The molecule has 0 unspecified atom stereocenters. The van der Waals surface area contributed by atoms with E-state index in [1.165, 1.54) is 4.52 Å². The highest BCUT2D eigenvalue weighted by molar-refractivity contribution is 6.30. The van der Waals surface area contributed by atoms with E-state index in [1.54, 1.807) is 6.20 Å². The predicted octanol–water partition coefficient (Wildman–Crippen LogP) is 3.05. The van der Waals surface area contributed by atoms with Crippen LogP contribution in [-0.4, -0.2) is 40.9 Å². The number of nitriles is 1. The van der Waals surface area contributed by atoms with Crippen LogP contribution in [0.2, 0.25) is 5.02 Å². The fourth-order valence-electron chi connectivity index (χ4n) is 4.21. The van der Waals surface area contributed by atoms with Crippen LogP contribution in [0, 0.1) is 11.3 Å². The molecular formula is C21H20ClN5O2. The van der Waals surface area contributed by atoms with Gasteiger partial charge in [0.15, 0.2) is 5.65 Å². The summed E-state index contributed by atoms with van der Waals surface area (Å²) in [6.45, 7) is 2.83. The number of rotatable bonds is 3. The molecule has 1 aromatic carbocycles. The van der Waals surface area contributed by atoms with Crippen molar-refractivity contribution < 1.29 is 4.74 Å². The second-order valence-electron chi connectivity index (χ2n) is 7.65. The van der Waals surface area contributed by atoms with Crippen molar-refractivity contribution in [2.45, 2.75) is 24.7 Å². The van der Waals surface area contributed by atoms with Crippen molar-refractivity contribution in [1.29, 1.82) is 5.26 Å². The standard InChI is InChI=1S/C21H20ClN5O2/c22-15-1-3-16(4-2-15)26-7-5-13(6-8-26)19-17(9-23)20-24-10-18(14-11-29-12-14)21(28)27(20)25-19/h1-4,10,13-14,24H,5-8,11-12H2. The van der Waals surface area contributed by atoms with E-state index >= 15 is 0 Å². The molecule has 2 fully saturated rings. The molecular weight excluding hydrogens is 390 g/mol. The van der Waals surface area contributed by atoms with Gasteiger partial charge in [-0.05, 0) is 37.1 Å². The van der Waals surface area contributed by atoms with Gasteiger partial charge in [-0.15, -0.1) is 0 Å². The Kier molecular flexibility index (Phi) is 4.53. The first kappa shape index (κ1) is 18.2. The number of H-pyrrole nitrogens is 1. The minimum absolute atomic E-state index is 0.101. The van der Waals surface area contributed by atoms with E-state index in [9.17, 15) is 10.1 Å². The Morgan fingerprint density at radius 1 is 1.17 bits per heavy atom. The molecule has 3 aromatic rings. The van der Waals surface area contributed by atoms with Gasteiger partial charge in [0.2, 0.25) is 0 Å². The molecule has 7 nitrogen and oxygen atoms in total. The van der Waals surface area contributed by atoms with E-state index in [0.29, 0.717) is 30.0 Å². The van der Waals surface area contributed by atoms with Crippen molar-refractivity contribution in [2.24, 2.45) is 0 Å². The van der Waals surface area contributed by atoms with Crippen LogP contribution in [-0.2, 0) is 4.74 Å². The molecule has 2 aliphatic heterocycles. The summed E-state index contributed by atoms with van der Waals surface area (Å²) in [5.41, 5.74) is 3.33. The van der Waals surface area contributed by atoms with Gasteiger partial charge in [0.1, 0.15) is 11.6 Å². The van der Waals surface area contributed by atoms with Crippen LogP contribution in [0.1, 0.15) is 41.5 Å². The Morgan fingerprint density at radius 2 is 1.90 bits per heavy atom. The maximum Gasteiger partial charge on any atom is 0.277 e. The SMILES string of the molecule is N#Cc1c(C2CCN(c3ccc(Cl)cc3)CC2)nn2c(=O)c(C3COC3)c[nH]c12. The van der Waals surface area contributed by atoms with Crippen molar-refractivity contribution in [1.82, 2.24) is 14.6 Å². The van der Waals surface area contributed by atoms with E-state index in [-0.39, 0.29) is 17.4 Å². The number of anilines is 1. The zero-order valence-corrected chi connectivity index (χ0v) is 16.5. The number of ether oxygens (including phenoxy) is 1. The monoisotopic (exact) mass is 409 g/mol. The maximum absolute atomic E-state index is 12.9. The highest BCUT2D eigenvalue weighted by atomic mass is 35.5. The number of hydrogen-bond acceptors (Lipinski definition) is 5. The summed E-state index contributed by atoms with van der Waals surface area (Å²) in [6, 6.07) is 10.1. The van der Waals surface area contributed by atoms with Gasteiger partial charge in [0.05, 0.1) is 18.9 Å². The van der Waals surface area contributed by atoms with Crippen LogP contribution < -0.4 is 10.5 Å². The summed E-state index contributed by atoms with van der Waals surface area (Å²) in [7, 11) is 0. The van der Waals surface area contributed by atoms with Gasteiger partial charge < -0.3 is 14.6 Å². The maximum atomic E-state index is 12.9. The zero-order valence-electron chi connectivity index (χ0n) is 15.8. The first-order valence-electron chi connectivity index (χ1n) is 9.78. The second-order valence-corrected chi connectivity index (χ2v) is 8.09. The molecule has 0 atom stereocenters. The Bertz CT molecular complexity index is 1150. The first-order valence-corrected chi connectivity index (χ1v) is 10.2. The number of halogens is 1. The number of aromatic nitrogens is 3. The molecule has 0 radical (unpaired) electrons. The summed E-state index contributed by atoms with van der Waals surface area (Å²) in [5.74, 6) is 0.250. The average Bonchev–Trinajstić information content (AvgIpc) is 3.09. The Hall–Kier alpha value is -2.82. The topological polar surface area (TPSA) is 86.4 Å². The molecule has 5 rings (SSSR count). The molecule has 2 aliphatic rings.